The van der Waals surface area contributed by atoms with E-state index in [0.29, 0.717) is 6.42 Å². The number of nitrogens with one attached hydrogen (secondary N) is 1. The fraction of sp³-hybridized carbons (Fsp3) is 0.875. The molecule has 1 N–H and O–H groups in total. The monoisotopic (exact) mass is 195 g/mol. The van der Waals surface area contributed by atoms with Gasteiger partial charge in [0, 0.05) is 13.0 Å². The zero-order valence-electron chi connectivity index (χ0n) is 7.76. The Hall–Kier alpha value is -0.280. The van der Waals surface area contributed by atoms with Crippen molar-refractivity contribution in [2.45, 2.75) is 39.5 Å². The highest BCUT2D eigenvalue weighted by molar-refractivity contribution is 5.85. The summed E-state index contributed by atoms with van der Waals surface area (Å²) in [6, 6.07) is 0. The zero-order chi connectivity index (χ0) is 8.53. The molecule has 0 amide bonds. The van der Waals surface area contributed by atoms with Gasteiger partial charge in [-0.2, -0.15) is 5.48 Å². The summed E-state index contributed by atoms with van der Waals surface area (Å²) in [5.41, 5.74) is 2.59. The van der Waals surface area contributed by atoms with E-state index >= 15 is 0 Å². The van der Waals surface area contributed by atoms with Crippen LogP contribution >= 0.6 is 12.4 Å². The van der Waals surface area contributed by atoms with Crippen molar-refractivity contribution in [1.82, 2.24) is 5.48 Å². The molecule has 0 saturated heterocycles. The lowest BCUT2D eigenvalue weighted by molar-refractivity contribution is -0.151. The third kappa shape index (κ3) is 9.72. The third-order valence-electron chi connectivity index (χ3n) is 1.27. The van der Waals surface area contributed by atoms with Crippen molar-refractivity contribution in [1.29, 1.82) is 0 Å². The highest BCUT2D eigenvalue weighted by Crippen LogP contribution is 1.94. The molecule has 0 bridgehead atoms. The quantitative estimate of drug-likeness (QED) is 0.521. The smallest absolute Gasteiger partial charge is 0.324 e. The van der Waals surface area contributed by atoms with Crippen molar-refractivity contribution >= 4 is 18.4 Å². The highest BCUT2D eigenvalue weighted by atomic mass is 35.5. The van der Waals surface area contributed by atoms with E-state index in [9.17, 15) is 4.79 Å². The van der Waals surface area contributed by atoms with Crippen LogP contribution in [0.25, 0.3) is 0 Å². The average Bonchev–Trinajstić information content (AvgIpc) is 2.01. The molecule has 12 heavy (non-hydrogen) atoms. The molecule has 0 radical (unpaired) electrons. The van der Waals surface area contributed by atoms with Gasteiger partial charge in [-0.3, -0.25) is 4.79 Å². The summed E-state index contributed by atoms with van der Waals surface area (Å²) in [5, 5.41) is 0. The number of halogens is 1. The van der Waals surface area contributed by atoms with Gasteiger partial charge in [0.15, 0.2) is 0 Å². The normalized spacial score (nSPS) is 8.83. The molecule has 0 aliphatic rings. The van der Waals surface area contributed by atoms with Gasteiger partial charge in [0.25, 0.3) is 0 Å². The molecule has 0 atom stereocenters. The molecule has 74 valence electrons. The first-order valence-electron chi connectivity index (χ1n) is 4.23. The lowest BCUT2D eigenvalue weighted by atomic mass is 10.3. The van der Waals surface area contributed by atoms with Gasteiger partial charge in [-0.15, -0.1) is 12.4 Å². The predicted molar refractivity (Wildman–Crippen MR) is 51.2 cm³/mol. The molecule has 0 rings (SSSR count). The minimum Gasteiger partial charge on any atom is -0.371 e. The summed E-state index contributed by atoms with van der Waals surface area (Å²) < 4.78 is 0. The Kier molecular flexibility index (Phi) is 12.7. The number of carbonyl (C=O) groups is 1. The van der Waals surface area contributed by atoms with Crippen LogP contribution in [0.5, 0.6) is 0 Å². The van der Waals surface area contributed by atoms with Crippen molar-refractivity contribution in [2.24, 2.45) is 0 Å². The van der Waals surface area contributed by atoms with E-state index in [-0.39, 0.29) is 18.4 Å². The topological polar surface area (TPSA) is 38.3 Å². The summed E-state index contributed by atoms with van der Waals surface area (Å²) in [5.74, 6) is -0.152. The molecule has 0 unspecified atom stereocenters. The highest BCUT2D eigenvalue weighted by Gasteiger charge is 1.99. The van der Waals surface area contributed by atoms with Gasteiger partial charge >= 0.3 is 5.97 Å². The van der Waals surface area contributed by atoms with E-state index in [0.717, 1.165) is 25.8 Å². The van der Waals surface area contributed by atoms with E-state index in [4.69, 9.17) is 4.84 Å². The van der Waals surface area contributed by atoms with E-state index in [2.05, 4.69) is 5.48 Å². The van der Waals surface area contributed by atoms with Crippen molar-refractivity contribution in [3.05, 3.63) is 0 Å². The molecule has 0 heterocycles. The maximum atomic E-state index is 10.8. The summed E-state index contributed by atoms with van der Waals surface area (Å²) in [6.45, 7) is 4.80. The van der Waals surface area contributed by atoms with Crippen molar-refractivity contribution < 1.29 is 9.63 Å². The molecule has 0 aliphatic heterocycles. The Balaban J connectivity index is 0. The van der Waals surface area contributed by atoms with Crippen LogP contribution in [-0.4, -0.2) is 12.5 Å². The second-order valence-corrected chi connectivity index (χ2v) is 2.47. The molecular formula is C8H18ClNO2. The molecule has 4 heteroatoms. The molecule has 0 aromatic carbocycles. The standard InChI is InChI=1S/C8H17NO2.ClH/c1-3-5-6-8(10)11-9-7-4-2;/h9H,3-7H2,1-2H3;1H. The Morgan fingerprint density at radius 2 is 2.00 bits per heavy atom. The van der Waals surface area contributed by atoms with Crippen LogP contribution < -0.4 is 5.48 Å². The Morgan fingerprint density at radius 1 is 1.33 bits per heavy atom. The lowest BCUT2D eigenvalue weighted by Gasteiger charge is -2.02. The lowest BCUT2D eigenvalue weighted by Crippen LogP contribution is -2.20. The largest absolute Gasteiger partial charge is 0.371 e. The van der Waals surface area contributed by atoms with Gasteiger partial charge in [-0.1, -0.05) is 20.3 Å². The van der Waals surface area contributed by atoms with Crippen molar-refractivity contribution in [3.8, 4) is 0 Å². The number of unbranched alkanes of at least 4 members (excludes halogenated alkanes) is 1. The second-order valence-electron chi connectivity index (χ2n) is 2.47. The van der Waals surface area contributed by atoms with Gasteiger partial charge in [-0.05, 0) is 12.8 Å². The Labute approximate surface area is 80.2 Å². The molecule has 0 saturated carbocycles. The Morgan fingerprint density at radius 3 is 2.50 bits per heavy atom. The van der Waals surface area contributed by atoms with Crippen LogP contribution in [0.3, 0.4) is 0 Å². The molecule has 0 aromatic heterocycles. The predicted octanol–water partition coefficient (Wildman–Crippen LogP) is 2.06. The van der Waals surface area contributed by atoms with E-state index in [1.54, 1.807) is 0 Å². The van der Waals surface area contributed by atoms with Crippen molar-refractivity contribution in [3.63, 3.8) is 0 Å². The minimum atomic E-state index is -0.152. The molecule has 0 fully saturated rings. The second kappa shape index (κ2) is 10.7. The fourth-order valence-corrected chi connectivity index (χ4v) is 0.606. The van der Waals surface area contributed by atoms with Crippen LogP contribution in [0.1, 0.15) is 39.5 Å². The number of hydrogen-bond donors (Lipinski definition) is 1. The van der Waals surface area contributed by atoms with Gasteiger partial charge in [-0.25, -0.2) is 0 Å². The zero-order valence-corrected chi connectivity index (χ0v) is 8.58. The number of hydroxylamine groups is 1. The maximum absolute atomic E-state index is 10.8. The fourth-order valence-electron chi connectivity index (χ4n) is 0.606. The van der Waals surface area contributed by atoms with Gasteiger partial charge in [0.2, 0.25) is 0 Å². The van der Waals surface area contributed by atoms with E-state index in [1.165, 1.54) is 0 Å². The van der Waals surface area contributed by atoms with E-state index < -0.39 is 0 Å². The van der Waals surface area contributed by atoms with Gasteiger partial charge < -0.3 is 4.84 Å². The van der Waals surface area contributed by atoms with Gasteiger partial charge in [0.05, 0.1) is 0 Å². The molecule has 0 aliphatic carbocycles. The molecule has 0 spiro atoms. The number of hydrogen-bond acceptors (Lipinski definition) is 3. The van der Waals surface area contributed by atoms with Crippen molar-refractivity contribution in [2.75, 3.05) is 6.54 Å². The summed E-state index contributed by atoms with van der Waals surface area (Å²) in [6.07, 6.45) is 3.43. The van der Waals surface area contributed by atoms with E-state index in [1.807, 2.05) is 13.8 Å². The van der Waals surface area contributed by atoms with Crippen LogP contribution in [-0.2, 0) is 9.63 Å². The average molecular weight is 196 g/mol. The summed E-state index contributed by atoms with van der Waals surface area (Å²) in [4.78, 5) is 15.5. The van der Waals surface area contributed by atoms with Gasteiger partial charge in [0.1, 0.15) is 0 Å². The summed E-state index contributed by atoms with van der Waals surface area (Å²) in [7, 11) is 0. The summed E-state index contributed by atoms with van der Waals surface area (Å²) >= 11 is 0. The van der Waals surface area contributed by atoms with Crippen LogP contribution in [0, 0.1) is 0 Å². The van der Waals surface area contributed by atoms with Crippen LogP contribution in [0.4, 0.5) is 0 Å². The third-order valence-corrected chi connectivity index (χ3v) is 1.27. The minimum absolute atomic E-state index is 0. The molecule has 3 nitrogen and oxygen atoms in total. The maximum Gasteiger partial charge on any atom is 0.324 e. The first kappa shape index (κ1) is 14.3. The Bertz CT molecular complexity index is 109. The van der Waals surface area contributed by atoms with Crippen LogP contribution in [0.15, 0.2) is 0 Å². The first-order valence-corrected chi connectivity index (χ1v) is 4.23. The van der Waals surface area contributed by atoms with Crippen LogP contribution in [0.2, 0.25) is 0 Å². The number of carbonyl (C=O) groups excluding carboxylic acids is 1. The molecule has 0 aromatic rings. The number of rotatable bonds is 6. The SMILES string of the molecule is CCCCC(=O)ONCCC.Cl. The molecular weight excluding hydrogens is 178 g/mol. The first-order chi connectivity index (χ1) is 5.31.